The summed E-state index contributed by atoms with van der Waals surface area (Å²) in [6.45, 7) is 0. The molecule has 0 saturated carbocycles. The summed E-state index contributed by atoms with van der Waals surface area (Å²) in [6, 6.07) is 6.81. The SMILES string of the molecule is O=C1Nc2cc(I)cc(C(F)(F)F)c2C1(O)c1ccccc1F. The quantitative estimate of drug-likeness (QED) is 0.529. The molecule has 120 valence electrons. The van der Waals surface area contributed by atoms with Crippen molar-refractivity contribution in [1.82, 2.24) is 0 Å². The fraction of sp³-hybridized carbons (Fsp3) is 0.133. The number of alkyl halides is 3. The van der Waals surface area contributed by atoms with Gasteiger partial charge in [0.05, 0.1) is 5.56 Å². The van der Waals surface area contributed by atoms with E-state index in [1.54, 1.807) is 22.6 Å². The molecule has 0 aromatic heterocycles. The molecule has 1 aliphatic rings. The zero-order chi connectivity index (χ0) is 17.0. The molecule has 23 heavy (non-hydrogen) atoms. The predicted octanol–water partition coefficient (Wildman–Crippen LogP) is 3.64. The number of hydrogen-bond acceptors (Lipinski definition) is 2. The fourth-order valence-electron chi connectivity index (χ4n) is 2.66. The van der Waals surface area contributed by atoms with Gasteiger partial charge in [0.2, 0.25) is 0 Å². The van der Waals surface area contributed by atoms with E-state index >= 15 is 0 Å². The van der Waals surface area contributed by atoms with Gasteiger partial charge in [-0.3, -0.25) is 4.79 Å². The molecule has 8 heteroatoms. The van der Waals surface area contributed by atoms with E-state index in [0.717, 1.165) is 18.2 Å². The number of benzene rings is 2. The topological polar surface area (TPSA) is 49.3 Å². The molecule has 0 fully saturated rings. The van der Waals surface area contributed by atoms with Crippen molar-refractivity contribution in [3.63, 3.8) is 0 Å². The van der Waals surface area contributed by atoms with Crippen molar-refractivity contribution >= 4 is 34.2 Å². The summed E-state index contributed by atoms with van der Waals surface area (Å²) in [6.07, 6.45) is -4.81. The van der Waals surface area contributed by atoms with Crippen molar-refractivity contribution in [2.24, 2.45) is 0 Å². The number of anilines is 1. The van der Waals surface area contributed by atoms with Gasteiger partial charge in [0.25, 0.3) is 5.91 Å². The molecule has 1 heterocycles. The second kappa shape index (κ2) is 5.17. The standard InChI is InChI=1S/C15H8F4INO2/c16-10-4-2-1-3-8(10)14(23)12-9(15(17,18)19)5-7(20)6-11(12)21-13(14)22/h1-6,23H,(H,21,22). The Morgan fingerprint density at radius 3 is 2.43 bits per heavy atom. The summed E-state index contributed by atoms with van der Waals surface area (Å²) in [5.41, 5.74) is -5.30. The first-order valence-electron chi connectivity index (χ1n) is 6.35. The molecule has 1 amide bonds. The van der Waals surface area contributed by atoms with Gasteiger partial charge in [-0.15, -0.1) is 0 Å². The Kier molecular flexibility index (Phi) is 3.64. The number of nitrogens with one attached hydrogen (secondary N) is 1. The Morgan fingerprint density at radius 2 is 1.83 bits per heavy atom. The molecular formula is C15H8F4INO2. The third kappa shape index (κ3) is 2.40. The van der Waals surface area contributed by atoms with Crippen LogP contribution in [0.2, 0.25) is 0 Å². The van der Waals surface area contributed by atoms with Crippen molar-refractivity contribution in [1.29, 1.82) is 0 Å². The minimum Gasteiger partial charge on any atom is -0.372 e. The lowest BCUT2D eigenvalue weighted by Gasteiger charge is -2.25. The van der Waals surface area contributed by atoms with Crippen molar-refractivity contribution in [2.75, 3.05) is 5.32 Å². The van der Waals surface area contributed by atoms with Crippen molar-refractivity contribution in [2.45, 2.75) is 11.8 Å². The predicted molar refractivity (Wildman–Crippen MR) is 82.2 cm³/mol. The summed E-state index contributed by atoms with van der Waals surface area (Å²) >= 11 is 1.67. The number of carbonyl (C=O) groups excluding carboxylic acids is 1. The van der Waals surface area contributed by atoms with Crippen LogP contribution in [0.5, 0.6) is 0 Å². The number of rotatable bonds is 1. The summed E-state index contributed by atoms with van der Waals surface area (Å²) in [5.74, 6) is -2.09. The first kappa shape index (κ1) is 16.2. The number of halogens is 5. The van der Waals surface area contributed by atoms with Crippen LogP contribution in [0.4, 0.5) is 23.2 Å². The number of hydrogen-bond donors (Lipinski definition) is 2. The maximum absolute atomic E-state index is 14.0. The molecule has 0 bridgehead atoms. The van der Waals surface area contributed by atoms with E-state index < -0.39 is 40.2 Å². The van der Waals surface area contributed by atoms with E-state index in [0.29, 0.717) is 0 Å². The second-order valence-electron chi connectivity index (χ2n) is 5.02. The molecule has 1 unspecified atom stereocenters. The van der Waals surface area contributed by atoms with Crippen LogP contribution in [0, 0.1) is 9.39 Å². The van der Waals surface area contributed by atoms with Gasteiger partial charge in [-0.05, 0) is 40.8 Å². The summed E-state index contributed by atoms with van der Waals surface area (Å²) in [5, 5.41) is 13.0. The summed E-state index contributed by atoms with van der Waals surface area (Å²) in [7, 11) is 0. The highest BCUT2D eigenvalue weighted by Crippen LogP contribution is 2.48. The Morgan fingerprint density at radius 1 is 1.17 bits per heavy atom. The van der Waals surface area contributed by atoms with Gasteiger partial charge in [-0.2, -0.15) is 13.2 Å². The average Bonchev–Trinajstić information content (AvgIpc) is 2.69. The monoisotopic (exact) mass is 437 g/mol. The first-order chi connectivity index (χ1) is 10.7. The van der Waals surface area contributed by atoms with Gasteiger partial charge in [0, 0.05) is 20.4 Å². The Balaban J connectivity index is 2.37. The highest BCUT2D eigenvalue weighted by atomic mass is 127. The minimum atomic E-state index is -4.81. The van der Waals surface area contributed by atoms with Crippen LogP contribution in [-0.2, 0) is 16.6 Å². The zero-order valence-electron chi connectivity index (χ0n) is 11.2. The smallest absolute Gasteiger partial charge is 0.372 e. The van der Waals surface area contributed by atoms with Crippen molar-refractivity contribution in [3.05, 3.63) is 62.5 Å². The van der Waals surface area contributed by atoms with Crippen LogP contribution < -0.4 is 5.32 Å². The number of carbonyl (C=O) groups is 1. The highest BCUT2D eigenvalue weighted by Gasteiger charge is 2.53. The normalized spacial score (nSPS) is 20.3. The Bertz CT molecular complexity index is 822. The average molecular weight is 437 g/mol. The lowest BCUT2D eigenvalue weighted by atomic mass is 9.84. The molecule has 0 spiro atoms. The number of amides is 1. The number of fused-ring (bicyclic) bond motifs is 1. The van der Waals surface area contributed by atoms with Crippen molar-refractivity contribution in [3.8, 4) is 0 Å². The van der Waals surface area contributed by atoms with E-state index in [1.165, 1.54) is 18.2 Å². The lowest BCUT2D eigenvalue weighted by Crippen LogP contribution is -2.37. The van der Waals surface area contributed by atoms with E-state index in [-0.39, 0.29) is 9.26 Å². The van der Waals surface area contributed by atoms with Crippen LogP contribution in [-0.4, -0.2) is 11.0 Å². The summed E-state index contributed by atoms with van der Waals surface area (Å²) in [4.78, 5) is 12.2. The van der Waals surface area contributed by atoms with E-state index in [4.69, 9.17) is 0 Å². The third-order valence-electron chi connectivity index (χ3n) is 3.61. The highest BCUT2D eigenvalue weighted by molar-refractivity contribution is 14.1. The molecule has 0 aliphatic carbocycles. The van der Waals surface area contributed by atoms with Gasteiger partial charge >= 0.3 is 6.18 Å². The van der Waals surface area contributed by atoms with Crippen LogP contribution >= 0.6 is 22.6 Å². The van der Waals surface area contributed by atoms with E-state index in [9.17, 15) is 27.5 Å². The first-order valence-corrected chi connectivity index (χ1v) is 7.43. The summed E-state index contributed by atoms with van der Waals surface area (Å²) < 4.78 is 54.4. The molecular weight excluding hydrogens is 429 g/mol. The molecule has 0 saturated heterocycles. The zero-order valence-corrected chi connectivity index (χ0v) is 13.4. The third-order valence-corrected chi connectivity index (χ3v) is 4.23. The molecule has 2 aromatic carbocycles. The van der Waals surface area contributed by atoms with Crippen LogP contribution in [0.15, 0.2) is 36.4 Å². The molecule has 2 aromatic rings. The molecule has 3 nitrogen and oxygen atoms in total. The Hall–Kier alpha value is -1.68. The minimum absolute atomic E-state index is 0.181. The van der Waals surface area contributed by atoms with Crippen molar-refractivity contribution < 1.29 is 27.5 Å². The molecule has 1 atom stereocenters. The maximum atomic E-state index is 14.0. The van der Waals surface area contributed by atoms with Gasteiger partial charge in [-0.1, -0.05) is 18.2 Å². The lowest BCUT2D eigenvalue weighted by molar-refractivity contribution is -0.141. The number of aliphatic hydroxyl groups is 1. The second-order valence-corrected chi connectivity index (χ2v) is 6.26. The van der Waals surface area contributed by atoms with E-state index in [1.807, 2.05) is 0 Å². The maximum Gasteiger partial charge on any atom is 0.416 e. The van der Waals surface area contributed by atoms with Gasteiger partial charge in [0.15, 0.2) is 5.60 Å². The molecule has 1 aliphatic heterocycles. The molecule has 0 radical (unpaired) electrons. The Labute approximate surface area is 141 Å². The van der Waals surface area contributed by atoms with Crippen LogP contribution in [0.1, 0.15) is 16.7 Å². The molecule has 3 rings (SSSR count). The van der Waals surface area contributed by atoms with Gasteiger partial charge in [0.1, 0.15) is 5.82 Å². The van der Waals surface area contributed by atoms with E-state index in [2.05, 4.69) is 5.32 Å². The largest absolute Gasteiger partial charge is 0.416 e. The fourth-order valence-corrected chi connectivity index (χ4v) is 3.28. The van der Waals surface area contributed by atoms with Gasteiger partial charge in [-0.25, -0.2) is 4.39 Å². The molecule has 2 N–H and O–H groups in total. The van der Waals surface area contributed by atoms with Crippen LogP contribution in [0.3, 0.4) is 0 Å². The van der Waals surface area contributed by atoms with Gasteiger partial charge < -0.3 is 10.4 Å². The van der Waals surface area contributed by atoms with Crippen LogP contribution in [0.25, 0.3) is 0 Å².